The van der Waals surface area contributed by atoms with Gasteiger partial charge in [0, 0.05) is 60.6 Å². The molecule has 5 aromatic rings. The highest BCUT2D eigenvalue weighted by molar-refractivity contribution is 7.90. The Bertz CT molecular complexity index is 2920. The smallest absolute Gasteiger partial charge is 0.314 e. The van der Waals surface area contributed by atoms with Gasteiger partial charge in [0.25, 0.3) is 21.6 Å². The number of aliphatic hydroxyl groups is 1. The number of nitrogens with one attached hydrogen (secondary N) is 3. The van der Waals surface area contributed by atoms with Gasteiger partial charge in [-0.15, -0.1) is 0 Å². The number of nitro benzene ring substituents is 1. The van der Waals surface area contributed by atoms with E-state index < -0.39 is 37.0 Å². The molecule has 2 atom stereocenters. The molecule has 16 nitrogen and oxygen atoms in total. The van der Waals surface area contributed by atoms with Crippen LogP contribution in [-0.2, 0) is 10.0 Å². The fraction of sp³-hybridized carbons (Fsp3) is 0.471. The van der Waals surface area contributed by atoms with Crippen LogP contribution in [0.1, 0.15) is 118 Å². The third-order valence-corrected chi connectivity index (χ3v) is 16.8. The predicted molar refractivity (Wildman–Crippen MR) is 258 cm³/mol. The number of nitro groups is 1. The van der Waals surface area contributed by atoms with Crippen LogP contribution in [0.4, 0.5) is 22.9 Å². The summed E-state index contributed by atoms with van der Waals surface area (Å²) in [7, 11) is -4.72. The summed E-state index contributed by atoms with van der Waals surface area (Å²) in [6, 6.07) is 20.2. The van der Waals surface area contributed by atoms with E-state index in [0.717, 1.165) is 44.2 Å². The first-order valence-corrected chi connectivity index (χ1v) is 25.4. The van der Waals surface area contributed by atoms with Gasteiger partial charge in [-0.1, -0.05) is 49.7 Å². The number of hydrogen-bond donors (Lipinski definition) is 4. The number of aromatic nitrogens is 2. The van der Waals surface area contributed by atoms with Gasteiger partial charge in [-0.25, -0.2) is 13.1 Å². The minimum absolute atomic E-state index is 0.0155. The number of benzene rings is 3. The van der Waals surface area contributed by atoms with Crippen LogP contribution in [0.3, 0.4) is 0 Å². The summed E-state index contributed by atoms with van der Waals surface area (Å²) in [5.74, 6) is -0.438. The van der Waals surface area contributed by atoms with E-state index in [2.05, 4.69) is 72.8 Å². The number of anilines is 2. The molecular weight excluding hydrogens is 885 g/mol. The summed E-state index contributed by atoms with van der Waals surface area (Å²) in [5.41, 5.74) is 3.11. The molecule has 1 amide bonds. The van der Waals surface area contributed by atoms with Crippen LogP contribution in [0.15, 0.2) is 77.8 Å². The molecule has 0 radical (unpaired) electrons. The van der Waals surface area contributed by atoms with Gasteiger partial charge in [0.05, 0.1) is 27.0 Å². The van der Waals surface area contributed by atoms with E-state index in [1.807, 2.05) is 0 Å². The molecule has 68 heavy (non-hydrogen) atoms. The lowest BCUT2D eigenvalue weighted by Crippen LogP contribution is -2.54. The van der Waals surface area contributed by atoms with Gasteiger partial charge < -0.3 is 34.6 Å². The first-order chi connectivity index (χ1) is 32.6. The molecule has 17 heteroatoms. The van der Waals surface area contributed by atoms with Gasteiger partial charge in [0.15, 0.2) is 17.2 Å². The molecule has 2 aromatic heterocycles. The minimum Gasteiger partial charge on any atom is -0.489 e. The molecule has 356 valence electrons. The standard InChI is InChI=1S/C51H58N8O8S/c1-31(2)37-8-5-6-9-38(37)41-10-7-21-58(41)35-28-51(29-35)18-22-57(23-19-51)34-11-12-39(43(25-34)67-45-24-33-15-20-53-47(33)55-48(45)52-4)49(60)56-68(64,65)36-26-42(59(62)63)46-44(27-36)66-30-40(54-46)32-13-16-50(3,61)17-14-32/h5-6,8-9,11-12,15,20,24-27,31-32,35,40-41,54,61H,7,10,13-14,16-19,21-23,28-30H2,1-3H3,(H,53,55)(H,56,60)/t32?,40-,41+,50?/m1/s1. The van der Waals surface area contributed by atoms with Crippen LogP contribution >= 0.6 is 0 Å². The average molecular weight is 943 g/mol. The fourth-order valence-electron chi connectivity index (χ4n) is 11.6. The third kappa shape index (κ3) is 8.73. The lowest BCUT2D eigenvalue weighted by Gasteiger charge is -2.56. The van der Waals surface area contributed by atoms with Crippen LogP contribution in [-0.4, -0.2) is 83.1 Å². The number of rotatable bonds is 11. The number of carbonyl (C=O) groups excluding carboxylic acids is 1. The Kier molecular flexibility index (Phi) is 11.9. The molecule has 3 aliphatic heterocycles. The Morgan fingerprint density at radius 2 is 1.79 bits per heavy atom. The van der Waals surface area contributed by atoms with Gasteiger partial charge in [-0.05, 0) is 130 Å². The second kappa shape index (κ2) is 17.7. The number of likely N-dealkylation sites (tertiary alicyclic amines) is 1. The molecule has 2 aliphatic carbocycles. The molecule has 10 rings (SSSR count). The lowest BCUT2D eigenvalue weighted by atomic mass is 9.59. The zero-order valence-electron chi connectivity index (χ0n) is 38.7. The van der Waals surface area contributed by atoms with Crippen LogP contribution in [0.2, 0.25) is 0 Å². The van der Waals surface area contributed by atoms with Crippen molar-refractivity contribution in [3.05, 3.63) is 111 Å². The maximum absolute atomic E-state index is 14.2. The van der Waals surface area contributed by atoms with Crippen molar-refractivity contribution in [1.29, 1.82) is 0 Å². The summed E-state index contributed by atoms with van der Waals surface area (Å²) in [4.78, 5) is 41.4. The number of nitrogens with zero attached hydrogens (tertiary/aromatic N) is 5. The Labute approximate surface area is 396 Å². The topological polar surface area (TPSA) is 197 Å². The largest absolute Gasteiger partial charge is 0.489 e. The first kappa shape index (κ1) is 45.6. The van der Waals surface area contributed by atoms with E-state index in [-0.39, 0.29) is 58.3 Å². The van der Waals surface area contributed by atoms with Crippen molar-refractivity contribution in [2.75, 3.05) is 36.5 Å². The summed E-state index contributed by atoms with van der Waals surface area (Å²) < 4.78 is 42.5. The lowest BCUT2D eigenvalue weighted by molar-refractivity contribution is -0.384. The monoisotopic (exact) mass is 942 g/mol. The summed E-state index contributed by atoms with van der Waals surface area (Å²) >= 11 is 0. The number of ether oxygens (including phenoxy) is 2. The van der Waals surface area contributed by atoms with Crippen LogP contribution in [0.5, 0.6) is 17.2 Å². The van der Waals surface area contributed by atoms with Crippen molar-refractivity contribution < 1.29 is 32.7 Å². The van der Waals surface area contributed by atoms with E-state index in [1.54, 1.807) is 37.4 Å². The average Bonchev–Trinajstić information content (AvgIpc) is 3.99. The zero-order valence-corrected chi connectivity index (χ0v) is 39.5. The highest BCUT2D eigenvalue weighted by Gasteiger charge is 2.50. The second-order valence-electron chi connectivity index (χ2n) is 20.3. The predicted octanol–water partition coefficient (Wildman–Crippen LogP) is 9.76. The van der Waals surface area contributed by atoms with Crippen molar-refractivity contribution in [2.24, 2.45) is 11.3 Å². The minimum atomic E-state index is -4.72. The third-order valence-electron chi connectivity index (χ3n) is 15.5. The quantitative estimate of drug-likeness (QED) is 0.0557. The van der Waals surface area contributed by atoms with Crippen LogP contribution in [0, 0.1) is 28.0 Å². The molecular formula is C51H58N8O8S. The molecule has 2 saturated heterocycles. The van der Waals surface area contributed by atoms with Crippen LogP contribution in [0.25, 0.3) is 15.9 Å². The highest BCUT2D eigenvalue weighted by atomic mass is 32.2. The summed E-state index contributed by atoms with van der Waals surface area (Å²) in [5, 5.41) is 26.8. The fourth-order valence-corrected chi connectivity index (χ4v) is 12.6. The molecule has 4 fully saturated rings. The molecule has 0 unspecified atom stereocenters. The zero-order chi connectivity index (χ0) is 47.5. The summed E-state index contributed by atoms with van der Waals surface area (Å²) in [6.07, 6.45) is 11.0. The van der Waals surface area contributed by atoms with E-state index in [9.17, 15) is 28.4 Å². The van der Waals surface area contributed by atoms with Crippen molar-refractivity contribution in [1.82, 2.24) is 19.6 Å². The Balaban J connectivity index is 0.876. The Morgan fingerprint density at radius 1 is 1.03 bits per heavy atom. The van der Waals surface area contributed by atoms with Crippen molar-refractivity contribution in [3.63, 3.8) is 0 Å². The van der Waals surface area contributed by atoms with E-state index in [0.29, 0.717) is 54.7 Å². The number of H-pyrrole nitrogens is 1. The molecule has 1 spiro atoms. The Morgan fingerprint density at radius 3 is 2.53 bits per heavy atom. The van der Waals surface area contributed by atoms with Crippen LogP contribution < -0.4 is 24.4 Å². The number of fused-ring (bicyclic) bond motifs is 2. The maximum atomic E-state index is 14.2. The van der Waals surface area contributed by atoms with Gasteiger partial charge >= 0.3 is 5.82 Å². The number of hydrogen-bond acceptors (Lipinski definition) is 12. The normalized spacial score (nSPS) is 23.9. The molecule has 2 saturated carbocycles. The van der Waals surface area contributed by atoms with Gasteiger partial charge in [-0.3, -0.25) is 19.8 Å². The molecule has 5 heterocycles. The van der Waals surface area contributed by atoms with Crippen molar-refractivity contribution >= 4 is 49.8 Å². The molecule has 4 N–H and O–H groups in total. The van der Waals surface area contributed by atoms with Gasteiger partial charge in [0.2, 0.25) is 5.65 Å². The first-order valence-electron chi connectivity index (χ1n) is 23.9. The van der Waals surface area contributed by atoms with Crippen molar-refractivity contribution in [2.45, 2.75) is 120 Å². The number of amides is 1. The number of pyridine rings is 1. The maximum Gasteiger partial charge on any atom is 0.314 e. The number of carbonyl (C=O) groups is 1. The number of sulfonamides is 1. The molecule has 0 bridgehead atoms. The van der Waals surface area contributed by atoms with Gasteiger partial charge in [-0.2, -0.15) is 0 Å². The van der Waals surface area contributed by atoms with Crippen molar-refractivity contribution in [3.8, 4) is 17.2 Å². The van der Waals surface area contributed by atoms with E-state index in [1.165, 1.54) is 48.9 Å². The SMILES string of the molecule is [C-]#[N+]c1nc2[nH]ccc2cc1Oc1cc(N2CCC3(CC2)CC(N2CCC[C@H]2c2ccccc2C(C)C)C3)ccc1C(=O)NS(=O)(=O)c1cc2c(c([N+](=O)[O-])c1)N[C@@H](C1CCC(C)(O)CC1)CO2. The Hall–Kier alpha value is -6.22. The summed E-state index contributed by atoms with van der Waals surface area (Å²) in [6.45, 7) is 17.1. The van der Waals surface area contributed by atoms with E-state index >= 15 is 0 Å². The second-order valence-corrected chi connectivity index (χ2v) is 21.9. The number of piperidine rings is 1. The molecule has 3 aromatic carbocycles. The van der Waals surface area contributed by atoms with E-state index in [4.69, 9.17) is 16.0 Å². The van der Waals surface area contributed by atoms with Gasteiger partial charge in [0.1, 0.15) is 12.4 Å². The highest BCUT2D eigenvalue weighted by Crippen LogP contribution is 2.54. The number of aromatic amines is 1. The molecule has 5 aliphatic rings.